The molecule has 1 heterocycles. The zero-order chi connectivity index (χ0) is 11.7. The highest BCUT2D eigenvalue weighted by molar-refractivity contribution is 5.69. The summed E-state index contributed by atoms with van der Waals surface area (Å²) < 4.78 is 1.14. The van der Waals surface area contributed by atoms with Crippen LogP contribution >= 0.6 is 0 Å². The van der Waals surface area contributed by atoms with E-state index in [1.165, 1.54) is 0 Å². The van der Waals surface area contributed by atoms with Gasteiger partial charge >= 0.3 is 17.3 Å². The molecule has 2 rings (SSSR count). The predicted octanol–water partition coefficient (Wildman–Crippen LogP) is -0.319. The molecule has 0 amide bonds. The van der Waals surface area contributed by atoms with Crippen LogP contribution in [0.5, 0.6) is 0 Å². The first-order chi connectivity index (χ1) is 7.59. The van der Waals surface area contributed by atoms with Gasteiger partial charge < -0.3 is 5.11 Å². The van der Waals surface area contributed by atoms with Crippen molar-refractivity contribution in [2.45, 2.75) is 31.7 Å². The summed E-state index contributed by atoms with van der Waals surface area (Å²) in [5.74, 6) is -1.14. The van der Waals surface area contributed by atoms with E-state index >= 15 is 0 Å². The Bertz CT molecular complexity index is 462. The second kappa shape index (κ2) is 3.99. The van der Waals surface area contributed by atoms with Crippen molar-refractivity contribution in [1.82, 2.24) is 14.8 Å². The molecule has 1 fully saturated rings. The molecule has 0 atom stereocenters. The van der Waals surface area contributed by atoms with Gasteiger partial charge in [-0.3, -0.25) is 4.79 Å². The molecule has 0 aromatic carbocycles. The van der Waals surface area contributed by atoms with Crippen molar-refractivity contribution in [3.8, 4) is 0 Å². The lowest BCUT2D eigenvalue weighted by atomic mass is 9.86. The minimum Gasteiger partial charge on any atom is -0.481 e. The monoisotopic (exact) mass is 227 g/mol. The Morgan fingerprint density at radius 1 is 1.12 bits per heavy atom. The quantitative estimate of drug-likeness (QED) is 0.643. The third-order valence-corrected chi connectivity index (χ3v) is 3.13. The fraction of sp³-hybridized carbons (Fsp3) is 0.667. The van der Waals surface area contributed by atoms with Crippen LogP contribution in [0.3, 0.4) is 0 Å². The van der Waals surface area contributed by atoms with Gasteiger partial charge in [0.1, 0.15) is 0 Å². The summed E-state index contributed by atoms with van der Waals surface area (Å²) in [6, 6.07) is -0.182. The molecule has 16 heavy (non-hydrogen) atoms. The van der Waals surface area contributed by atoms with E-state index in [9.17, 15) is 14.4 Å². The van der Waals surface area contributed by atoms with Crippen molar-refractivity contribution in [2.75, 3.05) is 0 Å². The minimum atomic E-state index is -0.797. The number of aromatic nitrogens is 3. The van der Waals surface area contributed by atoms with Gasteiger partial charge in [0.15, 0.2) is 0 Å². The molecule has 1 aromatic heterocycles. The number of H-pyrrole nitrogens is 2. The van der Waals surface area contributed by atoms with Gasteiger partial charge in [0.05, 0.1) is 5.92 Å². The molecule has 0 saturated heterocycles. The van der Waals surface area contributed by atoms with E-state index in [1.54, 1.807) is 0 Å². The molecule has 1 aliphatic rings. The number of rotatable bonds is 2. The van der Waals surface area contributed by atoms with E-state index < -0.39 is 17.3 Å². The van der Waals surface area contributed by atoms with E-state index in [4.69, 9.17) is 5.11 Å². The number of nitrogens with zero attached hydrogens (tertiary/aromatic N) is 1. The van der Waals surface area contributed by atoms with Gasteiger partial charge in [0.25, 0.3) is 0 Å². The van der Waals surface area contributed by atoms with E-state index in [1.807, 2.05) is 0 Å². The van der Waals surface area contributed by atoms with Crippen molar-refractivity contribution >= 4 is 5.97 Å². The average Bonchev–Trinajstić information content (AvgIpc) is 2.59. The summed E-state index contributed by atoms with van der Waals surface area (Å²) in [5, 5.41) is 13.3. The van der Waals surface area contributed by atoms with Crippen molar-refractivity contribution in [2.24, 2.45) is 5.92 Å². The summed E-state index contributed by atoms with van der Waals surface area (Å²) in [6.07, 6.45) is 2.13. The topological polar surface area (TPSA) is 108 Å². The number of hydrogen-bond acceptors (Lipinski definition) is 3. The summed E-state index contributed by atoms with van der Waals surface area (Å²) >= 11 is 0. The van der Waals surface area contributed by atoms with Crippen LogP contribution in [-0.2, 0) is 4.79 Å². The third-order valence-electron chi connectivity index (χ3n) is 3.13. The fourth-order valence-corrected chi connectivity index (χ4v) is 2.23. The van der Waals surface area contributed by atoms with Crippen LogP contribution in [0.4, 0.5) is 0 Å². The van der Waals surface area contributed by atoms with Crippen LogP contribution in [0.1, 0.15) is 31.7 Å². The van der Waals surface area contributed by atoms with Crippen LogP contribution in [0, 0.1) is 5.92 Å². The van der Waals surface area contributed by atoms with Gasteiger partial charge in [0.2, 0.25) is 0 Å². The third kappa shape index (κ3) is 1.80. The van der Waals surface area contributed by atoms with Gasteiger partial charge in [0, 0.05) is 6.04 Å². The molecule has 0 unspecified atom stereocenters. The molecule has 0 radical (unpaired) electrons. The van der Waals surface area contributed by atoms with E-state index in [0.717, 1.165) is 4.57 Å². The molecule has 88 valence electrons. The number of aliphatic carboxylic acids is 1. The Labute approximate surface area is 90.1 Å². The number of aromatic amines is 2. The minimum absolute atomic E-state index is 0.182. The van der Waals surface area contributed by atoms with Gasteiger partial charge in [-0.1, -0.05) is 0 Å². The van der Waals surface area contributed by atoms with Crippen molar-refractivity contribution in [3.63, 3.8) is 0 Å². The Balaban J connectivity index is 2.13. The summed E-state index contributed by atoms with van der Waals surface area (Å²) in [5.41, 5.74) is -0.910. The Hall–Kier alpha value is -1.79. The van der Waals surface area contributed by atoms with Crippen LogP contribution in [0.25, 0.3) is 0 Å². The van der Waals surface area contributed by atoms with E-state index in [-0.39, 0.29) is 12.0 Å². The number of nitrogens with one attached hydrogen (secondary N) is 2. The van der Waals surface area contributed by atoms with Crippen LogP contribution in [0.2, 0.25) is 0 Å². The average molecular weight is 227 g/mol. The van der Waals surface area contributed by atoms with Crippen molar-refractivity contribution in [1.29, 1.82) is 0 Å². The Morgan fingerprint density at radius 2 is 1.62 bits per heavy atom. The molecule has 0 aliphatic heterocycles. The largest absolute Gasteiger partial charge is 0.481 e. The molecule has 3 N–H and O–H groups in total. The summed E-state index contributed by atoms with van der Waals surface area (Å²) in [6.45, 7) is 0. The summed E-state index contributed by atoms with van der Waals surface area (Å²) in [4.78, 5) is 33.4. The maximum atomic E-state index is 11.3. The van der Waals surface area contributed by atoms with E-state index in [2.05, 4.69) is 10.2 Å². The maximum absolute atomic E-state index is 11.3. The normalized spacial score (nSPS) is 25.5. The lowest BCUT2D eigenvalue weighted by Crippen LogP contribution is -2.34. The first kappa shape index (κ1) is 10.7. The zero-order valence-corrected chi connectivity index (χ0v) is 8.60. The molecule has 1 aromatic rings. The lowest BCUT2D eigenvalue weighted by Gasteiger charge is -2.25. The highest BCUT2D eigenvalue weighted by atomic mass is 16.4. The van der Waals surface area contributed by atoms with Gasteiger partial charge in [-0.25, -0.2) is 24.4 Å². The molecule has 7 heteroatoms. The van der Waals surface area contributed by atoms with Gasteiger partial charge in [-0.2, -0.15) is 0 Å². The maximum Gasteiger partial charge on any atom is 0.344 e. The highest BCUT2D eigenvalue weighted by Crippen LogP contribution is 2.30. The molecule has 0 spiro atoms. The Morgan fingerprint density at radius 3 is 2.06 bits per heavy atom. The standard InChI is InChI=1S/C9H13N3O4/c13-7(14)5-1-3-6(4-2-5)12-8(15)10-11-9(12)16/h5-6H,1-4H2,(H,10,15)(H,11,16)(H,13,14). The van der Waals surface area contributed by atoms with Crippen LogP contribution in [0.15, 0.2) is 9.59 Å². The number of carbonyl (C=O) groups is 1. The second-order valence-electron chi connectivity index (χ2n) is 4.07. The molecule has 7 nitrogen and oxygen atoms in total. The Kier molecular flexibility index (Phi) is 2.67. The molecular formula is C9H13N3O4. The van der Waals surface area contributed by atoms with Crippen LogP contribution < -0.4 is 11.4 Å². The first-order valence-corrected chi connectivity index (χ1v) is 5.21. The van der Waals surface area contributed by atoms with Crippen molar-refractivity contribution in [3.05, 3.63) is 21.0 Å². The number of hydrogen-bond donors (Lipinski definition) is 3. The van der Waals surface area contributed by atoms with Crippen LogP contribution in [-0.4, -0.2) is 25.8 Å². The second-order valence-corrected chi connectivity index (χ2v) is 4.07. The SMILES string of the molecule is O=C(O)C1CCC(n2c(=O)[nH][nH]c2=O)CC1. The van der Waals surface area contributed by atoms with Gasteiger partial charge in [-0.15, -0.1) is 0 Å². The predicted molar refractivity (Wildman–Crippen MR) is 54.3 cm³/mol. The lowest BCUT2D eigenvalue weighted by molar-refractivity contribution is -0.143. The fourth-order valence-electron chi connectivity index (χ4n) is 2.23. The zero-order valence-electron chi connectivity index (χ0n) is 8.60. The van der Waals surface area contributed by atoms with Crippen molar-refractivity contribution < 1.29 is 9.90 Å². The van der Waals surface area contributed by atoms with E-state index in [0.29, 0.717) is 25.7 Å². The highest BCUT2D eigenvalue weighted by Gasteiger charge is 2.28. The van der Waals surface area contributed by atoms with Gasteiger partial charge in [-0.05, 0) is 25.7 Å². The molecular weight excluding hydrogens is 214 g/mol. The smallest absolute Gasteiger partial charge is 0.344 e. The number of carboxylic acid groups (broad SMARTS) is 1. The summed E-state index contributed by atoms with van der Waals surface area (Å²) in [7, 11) is 0. The molecule has 1 aliphatic carbocycles. The first-order valence-electron chi connectivity index (χ1n) is 5.21. The molecule has 1 saturated carbocycles. The number of carboxylic acids is 1. The molecule has 0 bridgehead atoms.